The van der Waals surface area contributed by atoms with Crippen molar-refractivity contribution in [3.05, 3.63) is 36.5 Å². The van der Waals surface area contributed by atoms with Gasteiger partial charge in [0.1, 0.15) is 0 Å². The molecule has 11 heavy (non-hydrogen) atoms. The Hall–Kier alpha value is -0.780. The molecule has 1 aliphatic carbocycles. The van der Waals surface area contributed by atoms with E-state index in [9.17, 15) is 0 Å². The summed E-state index contributed by atoms with van der Waals surface area (Å²) in [5.41, 5.74) is 0. The van der Waals surface area contributed by atoms with Gasteiger partial charge in [-0.25, -0.2) is 0 Å². The zero-order chi connectivity index (χ0) is 7.78. The largest absolute Gasteiger partial charge is 0.0882 e. The monoisotopic (exact) mass is 148 g/mol. The minimum atomic E-state index is 1.11. The summed E-state index contributed by atoms with van der Waals surface area (Å²) in [5.74, 6) is 0. The molecule has 1 rings (SSSR count). The SMILES string of the molecule is C1=CCC/C=C\CC/C=C/C1. The lowest BCUT2D eigenvalue weighted by Gasteiger charge is -1.85. The summed E-state index contributed by atoms with van der Waals surface area (Å²) in [6.45, 7) is 0. The van der Waals surface area contributed by atoms with E-state index < -0.39 is 0 Å². The Morgan fingerprint density at radius 1 is 0.455 bits per heavy atom. The standard InChI is InChI=1S/C11H16/c1-2-4-6-8-10-11-9-7-5-3-1/h1-2,5,7-8,10H,3-4,6,9,11H2/b2-1+,7-5?,10-8-. The summed E-state index contributed by atoms with van der Waals surface area (Å²) in [5, 5.41) is 0. The van der Waals surface area contributed by atoms with Crippen LogP contribution in [-0.2, 0) is 0 Å². The van der Waals surface area contributed by atoms with Gasteiger partial charge in [0.2, 0.25) is 0 Å². The molecule has 0 fully saturated rings. The van der Waals surface area contributed by atoms with Crippen LogP contribution in [0.2, 0.25) is 0 Å². The Morgan fingerprint density at radius 3 is 1.27 bits per heavy atom. The normalized spacial score (nSPS) is 25.5. The molecular formula is C11H16. The fraction of sp³-hybridized carbons (Fsp3) is 0.455. The number of rotatable bonds is 0. The Kier molecular flexibility index (Phi) is 4.51. The van der Waals surface area contributed by atoms with Gasteiger partial charge in [-0.15, -0.1) is 0 Å². The fourth-order valence-electron chi connectivity index (χ4n) is 1.13. The Balaban J connectivity index is 2.34. The quantitative estimate of drug-likeness (QED) is 0.460. The van der Waals surface area contributed by atoms with Crippen molar-refractivity contribution in [2.75, 3.05) is 0 Å². The number of allylic oxidation sites excluding steroid dienone is 6. The summed E-state index contributed by atoms with van der Waals surface area (Å²) < 4.78 is 0. The van der Waals surface area contributed by atoms with Gasteiger partial charge in [-0.05, 0) is 32.1 Å². The minimum Gasteiger partial charge on any atom is -0.0882 e. The van der Waals surface area contributed by atoms with Gasteiger partial charge in [-0.1, -0.05) is 36.5 Å². The zero-order valence-electron chi connectivity index (χ0n) is 7.00. The van der Waals surface area contributed by atoms with Crippen molar-refractivity contribution >= 4 is 0 Å². The van der Waals surface area contributed by atoms with E-state index in [1.54, 1.807) is 0 Å². The maximum absolute atomic E-state index is 2.28. The van der Waals surface area contributed by atoms with Crippen LogP contribution in [0.3, 0.4) is 0 Å². The van der Waals surface area contributed by atoms with Crippen molar-refractivity contribution in [1.29, 1.82) is 0 Å². The highest BCUT2D eigenvalue weighted by Gasteiger charge is 1.80. The summed E-state index contributed by atoms with van der Waals surface area (Å²) >= 11 is 0. The Labute approximate surface area is 69.3 Å². The van der Waals surface area contributed by atoms with Crippen LogP contribution in [-0.4, -0.2) is 0 Å². The van der Waals surface area contributed by atoms with Gasteiger partial charge in [0.05, 0.1) is 0 Å². The molecule has 0 N–H and O–H groups in total. The van der Waals surface area contributed by atoms with E-state index in [1.807, 2.05) is 0 Å². The molecule has 0 heteroatoms. The molecule has 0 saturated carbocycles. The van der Waals surface area contributed by atoms with Crippen molar-refractivity contribution in [2.45, 2.75) is 32.1 Å². The van der Waals surface area contributed by atoms with E-state index in [0.29, 0.717) is 0 Å². The van der Waals surface area contributed by atoms with Gasteiger partial charge in [-0.2, -0.15) is 0 Å². The van der Waals surface area contributed by atoms with Gasteiger partial charge in [0.25, 0.3) is 0 Å². The average molecular weight is 148 g/mol. The van der Waals surface area contributed by atoms with Gasteiger partial charge >= 0.3 is 0 Å². The molecule has 60 valence electrons. The maximum atomic E-state index is 2.28. The first-order valence-corrected chi connectivity index (χ1v) is 4.45. The van der Waals surface area contributed by atoms with E-state index in [4.69, 9.17) is 0 Å². The second-order valence-corrected chi connectivity index (χ2v) is 2.80. The number of hydrogen-bond donors (Lipinski definition) is 0. The van der Waals surface area contributed by atoms with Crippen LogP contribution in [0.5, 0.6) is 0 Å². The Bertz CT molecular complexity index is 143. The molecule has 1 aliphatic rings. The summed E-state index contributed by atoms with van der Waals surface area (Å²) in [6.07, 6.45) is 19.5. The van der Waals surface area contributed by atoms with Crippen molar-refractivity contribution in [3.63, 3.8) is 0 Å². The first-order chi connectivity index (χ1) is 5.50. The summed E-state index contributed by atoms with van der Waals surface area (Å²) in [6, 6.07) is 0. The highest BCUT2D eigenvalue weighted by Crippen LogP contribution is 2.01. The van der Waals surface area contributed by atoms with Crippen LogP contribution >= 0.6 is 0 Å². The van der Waals surface area contributed by atoms with Crippen molar-refractivity contribution in [3.8, 4) is 0 Å². The lowest BCUT2D eigenvalue weighted by Crippen LogP contribution is -1.65. The number of hydrogen-bond acceptors (Lipinski definition) is 0. The molecule has 0 saturated heterocycles. The molecule has 0 aromatic heterocycles. The lowest BCUT2D eigenvalue weighted by atomic mass is 10.2. The molecule has 0 heterocycles. The van der Waals surface area contributed by atoms with E-state index in [2.05, 4.69) is 36.5 Å². The smallest absolute Gasteiger partial charge is 0.0169 e. The summed E-state index contributed by atoms with van der Waals surface area (Å²) in [7, 11) is 0. The molecule has 0 unspecified atom stereocenters. The van der Waals surface area contributed by atoms with Crippen molar-refractivity contribution in [2.24, 2.45) is 0 Å². The van der Waals surface area contributed by atoms with Crippen LogP contribution in [0.1, 0.15) is 32.1 Å². The van der Waals surface area contributed by atoms with Crippen LogP contribution in [0.25, 0.3) is 0 Å². The van der Waals surface area contributed by atoms with Gasteiger partial charge in [0, 0.05) is 0 Å². The minimum absolute atomic E-state index is 1.11. The molecule has 0 amide bonds. The van der Waals surface area contributed by atoms with Gasteiger partial charge in [-0.3, -0.25) is 0 Å². The third kappa shape index (κ3) is 4.60. The van der Waals surface area contributed by atoms with Gasteiger partial charge < -0.3 is 0 Å². The maximum Gasteiger partial charge on any atom is -0.0169 e. The van der Waals surface area contributed by atoms with E-state index in [0.717, 1.165) is 6.42 Å². The molecule has 0 radical (unpaired) electrons. The molecule has 0 aromatic carbocycles. The second-order valence-electron chi connectivity index (χ2n) is 2.80. The lowest BCUT2D eigenvalue weighted by molar-refractivity contribution is 1.01. The van der Waals surface area contributed by atoms with Crippen LogP contribution in [0, 0.1) is 0 Å². The highest BCUT2D eigenvalue weighted by molar-refractivity contribution is 4.96. The second kappa shape index (κ2) is 5.96. The predicted octanol–water partition coefficient (Wildman–Crippen LogP) is 3.62. The Morgan fingerprint density at radius 2 is 0.818 bits per heavy atom. The zero-order valence-corrected chi connectivity index (χ0v) is 7.00. The summed E-state index contributed by atoms with van der Waals surface area (Å²) in [4.78, 5) is 0. The van der Waals surface area contributed by atoms with E-state index >= 15 is 0 Å². The van der Waals surface area contributed by atoms with E-state index in [1.165, 1.54) is 25.7 Å². The molecular weight excluding hydrogens is 132 g/mol. The highest BCUT2D eigenvalue weighted by atomic mass is 13.9. The van der Waals surface area contributed by atoms with Crippen LogP contribution < -0.4 is 0 Å². The van der Waals surface area contributed by atoms with Crippen LogP contribution in [0.15, 0.2) is 36.5 Å². The molecule has 0 aromatic rings. The molecule has 0 aliphatic heterocycles. The van der Waals surface area contributed by atoms with Gasteiger partial charge in [0.15, 0.2) is 0 Å². The average Bonchev–Trinajstić information content (AvgIpc) is 2.08. The van der Waals surface area contributed by atoms with E-state index in [-0.39, 0.29) is 0 Å². The van der Waals surface area contributed by atoms with Crippen molar-refractivity contribution in [1.82, 2.24) is 0 Å². The molecule has 0 spiro atoms. The van der Waals surface area contributed by atoms with Crippen LogP contribution in [0.4, 0.5) is 0 Å². The predicted molar refractivity (Wildman–Crippen MR) is 50.5 cm³/mol. The first kappa shape index (κ1) is 8.32. The molecule has 0 atom stereocenters. The van der Waals surface area contributed by atoms with Crippen molar-refractivity contribution < 1.29 is 0 Å². The first-order valence-electron chi connectivity index (χ1n) is 4.45. The molecule has 0 nitrogen and oxygen atoms in total. The third-order valence-electron chi connectivity index (χ3n) is 1.77. The third-order valence-corrected chi connectivity index (χ3v) is 1.77. The topological polar surface area (TPSA) is 0 Å². The fourth-order valence-corrected chi connectivity index (χ4v) is 1.13. The molecule has 0 bridgehead atoms.